The van der Waals surface area contributed by atoms with Gasteiger partial charge in [-0.15, -0.1) is 11.3 Å². The molecule has 0 aliphatic carbocycles. The van der Waals surface area contributed by atoms with Crippen molar-refractivity contribution in [1.82, 2.24) is 9.97 Å². The molecule has 0 aliphatic heterocycles. The molecule has 0 atom stereocenters. The van der Waals surface area contributed by atoms with E-state index in [2.05, 4.69) is 36.8 Å². The molecule has 0 unspecified atom stereocenters. The summed E-state index contributed by atoms with van der Waals surface area (Å²) in [7, 11) is 0. The molecule has 2 nitrogen and oxygen atoms in total. The van der Waals surface area contributed by atoms with E-state index in [1.807, 2.05) is 11.7 Å². The van der Waals surface area contributed by atoms with Gasteiger partial charge in [0.15, 0.2) is 5.65 Å². The zero-order valence-electron chi connectivity index (χ0n) is 8.74. The molecule has 0 fully saturated rings. The zero-order chi connectivity index (χ0) is 10.2. The highest BCUT2D eigenvalue weighted by atomic mass is 32.1. The van der Waals surface area contributed by atoms with E-state index in [0.29, 0.717) is 5.41 Å². The maximum absolute atomic E-state index is 4.32. The van der Waals surface area contributed by atoms with Gasteiger partial charge >= 0.3 is 0 Å². The molecule has 2 aromatic rings. The molecule has 3 heteroatoms. The average Bonchev–Trinajstić information content (AvgIpc) is 2.47. The fraction of sp³-hybridized carbons (Fsp3) is 0.455. The van der Waals surface area contributed by atoms with Crippen molar-refractivity contribution in [3.8, 4) is 0 Å². The Kier molecular flexibility index (Phi) is 2.27. The van der Waals surface area contributed by atoms with E-state index in [-0.39, 0.29) is 0 Å². The summed E-state index contributed by atoms with van der Waals surface area (Å²) in [6, 6.07) is 2.20. The largest absolute Gasteiger partial charge is 0.236 e. The van der Waals surface area contributed by atoms with Crippen LogP contribution >= 0.6 is 11.3 Å². The summed E-state index contributed by atoms with van der Waals surface area (Å²) in [5.74, 6) is 0. The van der Waals surface area contributed by atoms with Crippen LogP contribution in [0.25, 0.3) is 10.3 Å². The summed E-state index contributed by atoms with van der Waals surface area (Å²) in [5.41, 5.74) is 4.33. The maximum Gasteiger partial charge on any atom is 0.170 e. The van der Waals surface area contributed by atoms with Gasteiger partial charge in [-0.1, -0.05) is 20.8 Å². The molecule has 2 rings (SSSR count). The quantitative estimate of drug-likeness (QED) is 0.715. The van der Waals surface area contributed by atoms with Crippen LogP contribution in [0.5, 0.6) is 0 Å². The van der Waals surface area contributed by atoms with E-state index in [1.54, 1.807) is 11.3 Å². The van der Waals surface area contributed by atoms with E-state index in [0.717, 1.165) is 12.1 Å². The Morgan fingerprint density at radius 1 is 1.29 bits per heavy atom. The van der Waals surface area contributed by atoms with Gasteiger partial charge in [0.05, 0.1) is 10.2 Å². The monoisotopic (exact) mass is 206 g/mol. The number of fused-ring (bicyclic) bond motifs is 1. The summed E-state index contributed by atoms with van der Waals surface area (Å²) in [6.07, 6.45) is 3.00. The normalized spacial score (nSPS) is 12.2. The van der Waals surface area contributed by atoms with Crippen molar-refractivity contribution in [1.29, 1.82) is 0 Å². The van der Waals surface area contributed by atoms with Crippen LogP contribution in [-0.2, 0) is 6.42 Å². The lowest BCUT2D eigenvalue weighted by Gasteiger charge is -2.17. The van der Waals surface area contributed by atoms with Crippen LogP contribution in [0.3, 0.4) is 0 Å². The van der Waals surface area contributed by atoms with Crippen molar-refractivity contribution < 1.29 is 0 Å². The summed E-state index contributed by atoms with van der Waals surface area (Å²) >= 11 is 1.65. The van der Waals surface area contributed by atoms with Gasteiger partial charge in [0.1, 0.15) is 0 Å². The highest BCUT2D eigenvalue weighted by Crippen LogP contribution is 2.23. The lowest BCUT2D eigenvalue weighted by Crippen LogP contribution is -2.09. The summed E-state index contributed by atoms with van der Waals surface area (Å²) in [6.45, 7) is 6.72. The van der Waals surface area contributed by atoms with Crippen molar-refractivity contribution in [2.75, 3.05) is 0 Å². The number of hydrogen-bond donors (Lipinski definition) is 0. The van der Waals surface area contributed by atoms with Gasteiger partial charge in [0.2, 0.25) is 0 Å². The summed E-state index contributed by atoms with van der Waals surface area (Å²) in [4.78, 5) is 8.49. The molecule has 0 amide bonds. The molecule has 0 radical (unpaired) electrons. The second-order valence-corrected chi connectivity index (χ2v) is 5.64. The SMILES string of the molecule is CC(C)(C)Cc1cnc2ncsc2c1. The molecule has 0 aromatic carbocycles. The number of rotatable bonds is 1. The van der Waals surface area contributed by atoms with Crippen LogP contribution < -0.4 is 0 Å². The molecule has 74 valence electrons. The van der Waals surface area contributed by atoms with Gasteiger partial charge in [-0.05, 0) is 23.5 Å². The summed E-state index contributed by atoms with van der Waals surface area (Å²) < 4.78 is 1.19. The topological polar surface area (TPSA) is 25.8 Å². The first-order chi connectivity index (χ1) is 6.54. The van der Waals surface area contributed by atoms with E-state index in [1.165, 1.54) is 10.3 Å². The Labute approximate surface area is 88.0 Å². The zero-order valence-corrected chi connectivity index (χ0v) is 9.56. The molecule has 14 heavy (non-hydrogen) atoms. The Hall–Kier alpha value is -0.960. The predicted octanol–water partition coefficient (Wildman–Crippen LogP) is 3.28. The van der Waals surface area contributed by atoms with E-state index >= 15 is 0 Å². The van der Waals surface area contributed by atoms with Gasteiger partial charge in [-0.3, -0.25) is 0 Å². The standard InChI is InChI=1S/C11H14N2S/c1-11(2,3)5-8-4-9-10(12-6-8)13-7-14-9/h4,6-7H,5H2,1-3H3. The Morgan fingerprint density at radius 3 is 2.79 bits per heavy atom. The van der Waals surface area contributed by atoms with Crippen molar-refractivity contribution in [3.63, 3.8) is 0 Å². The van der Waals surface area contributed by atoms with E-state index in [9.17, 15) is 0 Å². The number of aromatic nitrogens is 2. The van der Waals surface area contributed by atoms with E-state index in [4.69, 9.17) is 0 Å². The van der Waals surface area contributed by atoms with E-state index < -0.39 is 0 Å². The molecule has 0 spiro atoms. The first kappa shape index (κ1) is 9.59. The number of pyridine rings is 1. The lowest BCUT2D eigenvalue weighted by molar-refractivity contribution is 0.411. The summed E-state index contributed by atoms with van der Waals surface area (Å²) in [5, 5.41) is 0. The molecule has 0 saturated carbocycles. The van der Waals surface area contributed by atoms with Crippen LogP contribution in [0, 0.1) is 5.41 Å². The van der Waals surface area contributed by atoms with Crippen LogP contribution in [0.1, 0.15) is 26.3 Å². The van der Waals surface area contributed by atoms with Crippen LogP contribution in [-0.4, -0.2) is 9.97 Å². The van der Waals surface area contributed by atoms with Crippen LogP contribution in [0.15, 0.2) is 17.8 Å². The molecule has 0 saturated heterocycles. The van der Waals surface area contributed by atoms with Crippen molar-refractivity contribution in [2.45, 2.75) is 27.2 Å². The lowest BCUT2D eigenvalue weighted by atomic mass is 9.89. The minimum absolute atomic E-state index is 0.319. The Balaban J connectivity index is 2.35. The second kappa shape index (κ2) is 3.31. The van der Waals surface area contributed by atoms with Gasteiger partial charge in [-0.25, -0.2) is 9.97 Å². The van der Waals surface area contributed by atoms with Gasteiger partial charge in [-0.2, -0.15) is 0 Å². The second-order valence-electron chi connectivity index (χ2n) is 4.76. The number of hydrogen-bond acceptors (Lipinski definition) is 3. The number of thiazole rings is 1. The maximum atomic E-state index is 4.32. The molecule has 0 bridgehead atoms. The third-order valence-corrected chi connectivity index (χ3v) is 2.74. The van der Waals surface area contributed by atoms with Gasteiger partial charge in [0, 0.05) is 6.20 Å². The van der Waals surface area contributed by atoms with Crippen molar-refractivity contribution in [2.24, 2.45) is 5.41 Å². The predicted molar refractivity (Wildman–Crippen MR) is 60.6 cm³/mol. The fourth-order valence-corrected chi connectivity index (χ4v) is 2.20. The molecule has 0 aliphatic rings. The van der Waals surface area contributed by atoms with Crippen LogP contribution in [0.4, 0.5) is 0 Å². The minimum atomic E-state index is 0.319. The Morgan fingerprint density at radius 2 is 2.07 bits per heavy atom. The van der Waals surface area contributed by atoms with Crippen molar-refractivity contribution in [3.05, 3.63) is 23.3 Å². The van der Waals surface area contributed by atoms with Crippen molar-refractivity contribution >= 4 is 21.7 Å². The highest BCUT2D eigenvalue weighted by molar-refractivity contribution is 7.16. The van der Waals surface area contributed by atoms with Gasteiger partial charge in [0.25, 0.3) is 0 Å². The van der Waals surface area contributed by atoms with Gasteiger partial charge < -0.3 is 0 Å². The first-order valence-corrected chi connectivity index (χ1v) is 5.61. The molecule has 2 heterocycles. The highest BCUT2D eigenvalue weighted by Gasteiger charge is 2.12. The number of nitrogens with zero attached hydrogens (tertiary/aromatic N) is 2. The fourth-order valence-electron chi connectivity index (χ4n) is 1.50. The molecular formula is C11H14N2S. The molecule has 0 N–H and O–H groups in total. The third-order valence-electron chi connectivity index (χ3n) is 1.98. The van der Waals surface area contributed by atoms with Crippen LogP contribution in [0.2, 0.25) is 0 Å². The smallest absolute Gasteiger partial charge is 0.170 e. The first-order valence-electron chi connectivity index (χ1n) is 4.73. The average molecular weight is 206 g/mol. The molecular weight excluding hydrogens is 192 g/mol. The molecule has 2 aromatic heterocycles. The Bertz CT molecular complexity index is 440. The third kappa shape index (κ3) is 2.10. The minimum Gasteiger partial charge on any atom is -0.236 e.